The Morgan fingerprint density at radius 2 is 1.85 bits per heavy atom. The molecule has 2 aliphatic rings. The smallest absolute Gasteiger partial charge is 0.308 e. The van der Waals surface area contributed by atoms with Crippen LogP contribution < -0.4 is 5.32 Å². The number of rotatable bonds is 5. The maximum Gasteiger partial charge on any atom is 0.308 e. The molecule has 1 saturated carbocycles. The van der Waals surface area contributed by atoms with Gasteiger partial charge in [0.1, 0.15) is 0 Å². The van der Waals surface area contributed by atoms with Crippen LogP contribution in [0.2, 0.25) is 0 Å². The van der Waals surface area contributed by atoms with Gasteiger partial charge in [0.15, 0.2) is 0 Å². The molecule has 0 bridgehead atoms. The zero-order chi connectivity index (χ0) is 14.5. The van der Waals surface area contributed by atoms with Gasteiger partial charge in [0.2, 0.25) is 0 Å². The molecule has 0 spiro atoms. The van der Waals surface area contributed by atoms with E-state index in [1.165, 1.54) is 20.0 Å². The van der Waals surface area contributed by atoms with E-state index in [1.54, 1.807) is 0 Å². The van der Waals surface area contributed by atoms with E-state index in [0.29, 0.717) is 24.1 Å². The zero-order valence-corrected chi connectivity index (χ0v) is 13.1. The second-order valence-electron chi connectivity index (χ2n) is 6.62. The Labute approximate surface area is 122 Å². The van der Waals surface area contributed by atoms with Crippen LogP contribution in [0, 0.1) is 11.8 Å². The third-order valence-corrected chi connectivity index (χ3v) is 4.82. The van der Waals surface area contributed by atoms with Crippen molar-refractivity contribution >= 4 is 5.97 Å². The molecule has 0 amide bonds. The van der Waals surface area contributed by atoms with Crippen molar-refractivity contribution in [2.24, 2.45) is 11.8 Å². The van der Waals surface area contributed by atoms with Gasteiger partial charge in [0.05, 0.1) is 25.7 Å². The molecule has 20 heavy (non-hydrogen) atoms. The fraction of sp³-hybridized carbons (Fsp3) is 0.938. The van der Waals surface area contributed by atoms with E-state index in [0.717, 1.165) is 32.3 Å². The quantitative estimate of drug-likeness (QED) is 0.788. The summed E-state index contributed by atoms with van der Waals surface area (Å²) in [6.45, 7) is 5.36. The fourth-order valence-electron chi connectivity index (χ4n) is 3.39. The summed E-state index contributed by atoms with van der Waals surface area (Å²) in [5, 5.41) is 3.67. The predicted molar refractivity (Wildman–Crippen MR) is 78.5 cm³/mol. The van der Waals surface area contributed by atoms with Gasteiger partial charge >= 0.3 is 5.97 Å². The fourth-order valence-corrected chi connectivity index (χ4v) is 3.39. The minimum atomic E-state index is -0.0549. The number of carbonyl (C=O) groups excluding carboxylic acids is 1. The number of ether oxygens (including phenoxy) is 2. The third kappa shape index (κ3) is 4.19. The highest BCUT2D eigenvalue weighted by Crippen LogP contribution is 2.28. The van der Waals surface area contributed by atoms with Gasteiger partial charge in [-0.2, -0.15) is 0 Å². The van der Waals surface area contributed by atoms with E-state index >= 15 is 0 Å². The molecule has 0 radical (unpaired) electrons. The molecular formula is C16H29NO3. The third-order valence-electron chi connectivity index (χ3n) is 4.82. The number of nitrogens with one attached hydrogen (secondary N) is 1. The number of hydrogen-bond donors (Lipinski definition) is 1. The number of methoxy groups -OCH3 is 1. The molecule has 4 nitrogen and oxygen atoms in total. The largest absolute Gasteiger partial charge is 0.469 e. The average Bonchev–Trinajstić information content (AvgIpc) is 2.94. The molecule has 2 fully saturated rings. The van der Waals surface area contributed by atoms with Crippen LogP contribution in [0.4, 0.5) is 0 Å². The molecule has 116 valence electrons. The van der Waals surface area contributed by atoms with Crippen molar-refractivity contribution in [3.8, 4) is 0 Å². The summed E-state index contributed by atoms with van der Waals surface area (Å²) >= 11 is 0. The van der Waals surface area contributed by atoms with Crippen LogP contribution >= 0.6 is 0 Å². The topological polar surface area (TPSA) is 47.6 Å². The second-order valence-corrected chi connectivity index (χ2v) is 6.62. The average molecular weight is 283 g/mol. The normalized spacial score (nSPS) is 34.4. The minimum absolute atomic E-state index is 0.0549. The van der Waals surface area contributed by atoms with Crippen LogP contribution in [0.3, 0.4) is 0 Å². The zero-order valence-electron chi connectivity index (χ0n) is 13.1. The van der Waals surface area contributed by atoms with Gasteiger partial charge in [-0.25, -0.2) is 0 Å². The summed E-state index contributed by atoms with van der Waals surface area (Å²) in [5.74, 6) is 0.742. The molecule has 1 N–H and O–H groups in total. The van der Waals surface area contributed by atoms with Gasteiger partial charge in [0.25, 0.3) is 0 Å². The molecule has 1 saturated heterocycles. The van der Waals surface area contributed by atoms with Gasteiger partial charge in [-0.1, -0.05) is 13.8 Å². The summed E-state index contributed by atoms with van der Waals surface area (Å²) in [6.07, 6.45) is 6.60. The molecule has 2 atom stereocenters. The lowest BCUT2D eigenvalue weighted by molar-refractivity contribution is -0.147. The number of hydrogen-bond acceptors (Lipinski definition) is 4. The van der Waals surface area contributed by atoms with Crippen LogP contribution in [0.5, 0.6) is 0 Å². The second kappa shape index (κ2) is 7.41. The molecular weight excluding hydrogens is 254 g/mol. The molecule has 0 aromatic heterocycles. The molecule has 0 aromatic carbocycles. The molecule has 1 aliphatic heterocycles. The molecule has 0 aromatic rings. The number of esters is 1. The van der Waals surface area contributed by atoms with Crippen molar-refractivity contribution in [3.63, 3.8) is 0 Å². The van der Waals surface area contributed by atoms with E-state index in [1.807, 2.05) is 0 Å². The van der Waals surface area contributed by atoms with Gasteiger partial charge < -0.3 is 14.8 Å². The molecule has 1 aliphatic carbocycles. The highest BCUT2D eigenvalue weighted by Gasteiger charge is 2.29. The Hall–Kier alpha value is -0.610. The monoisotopic (exact) mass is 283 g/mol. The van der Waals surface area contributed by atoms with E-state index in [4.69, 9.17) is 9.47 Å². The van der Waals surface area contributed by atoms with Crippen molar-refractivity contribution < 1.29 is 14.3 Å². The van der Waals surface area contributed by atoms with E-state index in [-0.39, 0.29) is 11.9 Å². The van der Waals surface area contributed by atoms with Crippen molar-refractivity contribution in [2.75, 3.05) is 13.7 Å². The summed E-state index contributed by atoms with van der Waals surface area (Å²) in [7, 11) is 1.47. The first-order valence-corrected chi connectivity index (χ1v) is 8.05. The van der Waals surface area contributed by atoms with Crippen molar-refractivity contribution in [3.05, 3.63) is 0 Å². The Bertz CT molecular complexity index is 311. The lowest BCUT2D eigenvalue weighted by Gasteiger charge is -2.28. The Morgan fingerprint density at radius 3 is 2.40 bits per heavy atom. The summed E-state index contributed by atoms with van der Waals surface area (Å²) in [4.78, 5) is 11.5. The standard InChI is InChI=1S/C16H29NO3/c1-11(2)15-9-6-13(17-15)10-20-14-7-4-12(5-8-14)16(18)19-3/h11-15,17H,4-10H2,1-3H3/t12-,13-,14-,15+/m0/s1. The van der Waals surface area contributed by atoms with E-state index < -0.39 is 0 Å². The lowest BCUT2D eigenvalue weighted by atomic mass is 9.87. The minimum Gasteiger partial charge on any atom is -0.469 e. The Balaban J connectivity index is 1.63. The van der Waals surface area contributed by atoms with Crippen molar-refractivity contribution in [2.45, 2.75) is 70.6 Å². The number of carbonyl (C=O) groups is 1. The Kier molecular flexibility index (Phi) is 5.85. The maximum absolute atomic E-state index is 11.5. The highest BCUT2D eigenvalue weighted by molar-refractivity contribution is 5.72. The van der Waals surface area contributed by atoms with E-state index in [9.17, 15) is 4.79 Å². The summed E-state index contributed by atoms with van der Waals surface area (Å²) < 4.78 is 10.9. The SMILES string of the molecule is COC(=O)[C@H]1CC[C@H](OC[C@@H]2CC[C@H](C(C)C)N2)CC1. The van der Waals surface area contributed by atoms with Crippen LogP contribution in [0.1, 0.15) is 52.4 Å². The maximum atomic E-state index is 11.5. The first-order valence-electron chi connectivity index (χ1n) is 8.05. The van der Waals surface area contributed by atoms with Gasteiger partial charge in [0, 0.05) is 12.1 Å². The van der Waals surface area contributed by atoms with Gasteiger partial charge in [-0.05, 0) is 44.4 Å². The highest BCUT2D eigenvalue weighted by atomic mass is 16.5. The molecule has 2 rings (SSSR count). The predicted octanol–water partition coefficient (Wildman–Crippen LogP) is 2.51. The summed E-state index contributed by atoms with van der Waals surface area (Å²) in [5.41, 5.74) is 0. The lowest BCUT2D eigenvalue weighted by Crippen LogP contribution is -2.37. The van der Waals surface area contributed by atoms with Crippen LogP contribution in [-0.2, 0) is 14.3 Å². The van der Waals surface area contributed by atoms with Gasteiger partial charge in [-0.15, -0.1) is 0 Å². The molecule has 0 unspecified atom stereocenters. The van der Waals surface area contributed by atoms with Crippen molar-refractivity contribution in [1.82, 2.24) is 5.32 Å². The Morgan fingerprint density at radius 1 is 1.15 bits per heavy atom. The van der Waals surface area contributed by atoms with E-state index in [2.05, 4.69) is 19.2 Å². The van der Waals surface area contributed by atoms with Crippen LogP contribution in [0.15, 0.2) is 0 Å². The van der Waals surface area contributed by atoms with Crippen LogP contribution in [0.25, 0.3) is 0 Å². The molecule has 4 heteroatoms. The summed E-state index contributed by atoms with van der Waals surface area (Å²) in [6, 6.07) is 1.17. The molecule has 1 heterocycles. The first-order chi connectivity index (χ1) is 9.60. The first kappa shape index (κ1) is 15.8. The van der Waals surface area contributed by atoms with Crippen molar-refractivity contribution in [1.29, 1.82) is 0 Å². The van der Waals surface area contributed by atoms with Gasteiger partial charge in [-0.3, -0.25) is 4.79 Å². The van der Waals surface area contributed by atoms with Crippen LogP contribution in [-0.4, -0.2) is 37.9 Å².